The standard InChI is InChI=1S/C25H33FN4O.HI/c1-19-16-30(11-12-31-19)17-21-6-3-5-20(13-21)15-28-24(27-2)29-18-25(9-10-25)22-7-4-8-23(26)14-22;/h3-8,13-14,19H,9-12,15-18H2,1-2H3,(H2,27,28,29);1H. The molecule has 2 aromatic rings. The van der Waals surface area contributed by atoms with E-state index in [2.05, 4.69) is 51.7 Å². The number of nitrogens with one attached hydrogen (secondary N) is 2. The van der Waals surface area contributed by atoms with Gasteiger partial charge in [0.2, 0.25) is 0 Å². The Balaban J connectivity index is 0.00000289. The van der Waals surface area contributed by atoms with Gasteiger partial charge in [0, 0.05) is 45.2 Å². The zero-order valence-corrected chi connectivity index (χ0v) is 21.3. The van der Waals surface area contributed by atoms with Crippen molar-refractivity contribution in [3.63, 3.8) is 0 Å². The minimum Gasteiger partial charge on any atom is -0.376 e. The summed E-state index contributed by atoms with van der Waals surface area (Å²) < 4.78 is 19.3. The zero-order chi connectivity index (χ0) is 21.7. The molecule has 2 fully saturated rings. The summed E-state index contributed by atoms with van der Waals surface area (Å²) in [6.07, 6.45) is 2.45. The number of rotatable bonds is 7. The molecule has 5 nitrogen and oxygen atoms in total. The molecule has 2 N–H and O–H groups in total. The number of ether oxygens (including phenoxy) is 1. The largest absolute Gasteiger partial charge is 0.376 e. The lowest BCUT2D eigenvalue weighted by molar-refractivity contribution is -0.0212. The highest BCUT2D eigenvalue weighted by molar-refractivity contribution is 14.0. The van der Waals surface area contributed by atoms with Gasteiger partial charge in [-0.3, -0.25) is 9.89 Å². The first-order chi connectivity index (χ1) is 15.1. The molecule has 1 aliphatic carbocycles. The van der Waals surface area contributed by atoms with Gasteiger partial charge in [0.15, 0.2) is 5.96 Å². The molecule has 0 aromatic heterocycles. The van der Waals surface area contributed by atoms with E-state index in [1.165, 1.54) is 17.2 Å². The van der Waals surface area contributed by atoms with Crippen LogP contribution in [-0.2, 0) is 23.2 Å². The molecule has 1 heterocycles. The lowest BCUT2D eigenvalue weighted by Gasteiger charge is -2.31. The van der Waals surface area contributed by atoms with Crippen LogP contribution in [0.4, 0.5) is 4.39 Å². The quantitative estimate of drug-likeness (QED) is 0.309. The molecule has 0 bridgehead atoms. The Morgan fingerprint density at radius 1 is 1.16 bits per heavy atom. The summed E-state index contributed by atoms with van der Waals surface area (Å²) in [6.45, 7) is 7.31. The van der Waals surface area contributed by atoms with E-state index >= 15 is 0 Å². The van der Waals surface area contributed by atoms with Crippen LogP contribution >= 0.6 is 24.0 Å². The Bertz CT molecular complexity index is 918. The number of guanidine groups is 1. The first-order valence-corrected chi connectivity index (χ1v) is 11.2. The van der Waals surface area contributed by atoms with Gasteiger partial charge >= 0.3 is 0 Å². The number of morpholine rings is 1. The van der Waals surface area contributed by atoms with Crippen molar-refractivity contribution in [3.8, 4) is 0 Å². The SMILES string of the molecule is CN=C(NCc1cccc(CN2CCOC(C)C2)c1)NCC1(c2cccc(F)c2)CC1.I. The molecule has 2 aromatic carbocycles. The summed E-state index contributed by atoms with van der Waals surface area (Å²) in [5, 5.41) is 6.86. The van der Waals surface area contributed by atoms with Crippen molar-refractivity contribution in [2.75, 3.05) is 33.3 Å². The van der Waals surface area contributed by atoms with Gasteiger partial charge in [-0.1, -0.05) is 36.4 Å². The molecule has 0 radical (unpaired) electrons. The Morgan fingerprint density at radius 3 is 2.66 bits per heavy atom. The number of benzene rings is 2. The molecule has 1 saturated carbocycles. The predicted molar refractivity (Wildman–Crippen MR) is 138 cm³/mol. The maximum absolute atomic E-state index is 13.6. The molecule has 1 saturated heterocycles. The van der Waals surface area contributed by atoms with Crippen molar-refractivity contribution in [2.24, 2.45) is 4.99 Å². The number of hydrogen-bond donors (Lipinski definition) is 2. The van der Waals surface area contributed by atoms with E-state index in [4.69, 9.17) is 4.74 Å². The summed E-state index contributed by atoms with van der Waals surface area (Å²) in [6, 6.07) is 15.7. The van der Waals surface area contributed by atoms with Crippen molar-refractivity contribution in [2.45, 2.75) is 44.4 Å². The molecule has 0 amide bonds. The van der Waals surface area contributed by atoms with Gasteiger partial charge in [-0.05, 0) is 48.6 Å². The van der Waals surface area contributed by atoms with Crippen LogP contribution in [0.2, 0.25) is 0 Å². The summed E-state index contributed by atoms with van der Waals surface area (Å²) in [4.78, 5) is 6.81. The molecular formula is C25H34FIN4O. The Kier molecular flexibility index (Phi) is 8.90. The van der Waals surface area contributed by atoms with Gasteiger partial charge in [-0.2, -0.15) is 0 Å². The lowest BCUT2D eigenvalue weighted by atomic mass is 9.96. The molecule has 7 heteroatoms. The summed E-state index contributed by atoms with van der Waals surface area (Å²) in [5.74, 6) is 0.604. The molecule has 0 spiro atoms. The Hall–Kier alpha value is -1.71. The highest BCUT2D eigenvalue weighted by atomic mass is 127. The molecule has 1 aliphatic heterocycles. The van der Waals surface area contributed by atoms with E-state index in [9.17, 15) is 4.39 Å². The minimum absolute atomic E-state index is 0. The van der Waals surface area contributed by atoms with E-state index < -0.39 is 0 Å². The summed E-state index contributed by atoms with van der Waals surface area (Å²) in [5.41, 5.74) is 3.64. The van der Waals surface area contributed by atoms with Crippen molar-refractivity contribution < 1.29 is 9.13 Å². The monoisotopic (exact) mass is 552 g/mol. The van der Waals surface area contributed by atoms with E-state index in [1.54, 1.807) is 19.2 Å². The van der Waals surface area contributed by atoms with Crippen LogP contribution in [0.5, 0.6) is 0 Å². The molecule has 32 heavy (non-hydrogen) atoms. The second-order valence-corrected chi connectivity index (χ2v) is 8.81. The van der Waals surface area contributed by atoms with Crippen molar-refractivity contribution >= 4 is 29.9 Å². The van der Waals surface area contributed by atoms with Crippen LogP contribution < -0.4 is 10.6 Å². The fourth-order valence-electron chi connectivity index (χ4n) is 4.33. The minimum atomic E-state index is -0.169. The third kappa shape index (κ3) is 6.65. The fraction of sp³-hybridized carbons (Fsp3) is 0.480. The van der Waals surface area contributed by atoms with Gasteiger partial charge in [-0.25, -0.2) is 4.39 Å². The number of nitrogens with zero attached hydrogens (tertiary/aromatic N) is 2. The smallest absolute Gasteiger partial charge is 0.191 e. The number of halogens is 2. The maximum Gasteiger partial charge on any atom is 0.191 e. The molecule has 4 rings (SSSR count). The van der Waals surface area contributed by atoms with Crippen LogP contribution in [0, 0.1) is 5.82 Å². The average Bonchev–Trinajstić information content (AvgIpc) is 3.55. The third-order valence-corrected chi connectivity index (χ3v) is 6.29. The normalized spacial score (nSPS) is 20.3. The molecule has 2 aliphatic rings. The first-order valence-electron chi connectivity index (χ1n) is 11.2. The van der Waals surface area contributed by atoms with Crippen molar-refractivity contribution in [3.05, 3.63) is 71.0 Å². The van der Waals surface area contributed by atoms with Crippen molar-refractivity contribution in [1.82, 2.24) is 15.5 Å². The topological polar surface area (TPSA) is 48.9 Å². The second kappa shape index (κ2) is 11.4. The molecule has 174 valence electrons. The van der Waals surface area contributed by atoms with Gasteiger partial charge < -0.3 is 15.4 Å². The van der Waals surface area contributed by atoms with Crippen LogP contribution in [0.15, 0.2) is 53.5 Å². The molecule has 1 unspecified atom stereocenters. The second-order valence-electron chi connectivity index (χ2n) is 8.81. The van der Waals surface area contributed by atoms with Gasteiger partial charge in [0.05, 0.1) is 12.7 Å². The number of aliphatic imine (C=N–C) groups is 1. The van der Waals surface area contributed by atoms with Crippen LogP contribution in [0.3, 0.4) is 0 Å². The first kappa shape index (κ1) is 24.9. The maximum atomic E-state index is 13.6. The van der Waals surface area contributed by atoms with E-state index in [-0.39, 0.29) is 35.2 Å². The lowest BCUT2D eigenvalue weighted by Crippen LogP contribution is -2.41. The third-order valence-electron chi connectivity index (χ3n) is 6.29. The van der Waals surface area contributed by atoms with E-state index in [0.717, 1.165) is 57.2 Å². The average molecular weight is 552 g/mol. The van der Waals surface area contributed by atoms with E-state index in [0.29, 0.717) is 12.6 Å². The van der Waals surface area contributed by atoms with Crippen molar-refractivity contribution in [1.29, 1.82) is 0 Å². The summed E-state index contributed by atoms with van der Waals surface area (Å²) in [7, 11) is 1.78. The van der Waals surface area contributed by atoms with Crippen LogP contribution in [-0.4, -0.2) is 50.3 Å². The highest BCUT2D eigenvalue weighted by Gasteiger charge is 2.44. The molecule has 1 atom stereocenters. The predicted octanol–water partition coefficient (Wildman–Crippen LogP) is 4.06. The van der Waals surface area contributed by atoms with Crippen LogP contribution in [0.25, 0.3) is 0 Å². The van der Waals surface area contributed by atoms with Crippen LogP contribution in [0.1, 0.15) is 36.5 Å². The molecular weight excluding hydrogens is 518 g/mol. The Morgan fingerprint density at radius 2 is 1.94 bits per heavy atom. The van der Waals surface area contributed by atoms with Gasteiger partial charge in [0.1, 0.15) is 5.82 Å². The van der Waals surface area contributed by atoms with Gasteiger partial charge in [0.25, 0.3) is 0 Å². The fourth-order valence-corrected chi connectivity index (χ4v) is 4.33. The Labute approximate surface area is 207 Å². The number of hydrogen-bond acceptors (Lipinski definition) is 3. The zero-order valence-electron chi connectivity index (χ0n) is 18.9. The highest BCUT2D eigenvalue weighted by Crippen LogP contribution is 2.47. The van der Waals surface area contributed by atoms with E-state index in [1.807, 2.05) is 6.07 Å². The van der Waals surface area contributed by atoms with Gasteiger partial charge in [-0.15, -0.1) is 24.0 Å². The summed E-state index contributed by atoms with van der Waals surface area (Å²) >= 11 is 0.